The van der Waals surface area contributed by atoms with Crippen molar-refractivity contribution in [3.8, 4) is 5.75 Å². The third-order valence-corrected chi connectivity index (χ3v) is 6.87. The van der Waals surface area contributed by atoms with Gasteiger partial charge in [0.25, 0.3) is 5.91 Å². The minimum Gasteiger partial charge on any atom is -0.484 e. The molecule has 3 rings (SSSR count). The van der Waals surface area contributed by atoms with Crippen LogP contribution in [0.5, 0.6) is 5.75 Å². The number of nitrogens with zero attached hydrogens (tertiary/aromatic N) is 1. The first kappa shape index (κ1) is 20.9. The van der Waals surface area contributed by atoms with E-state index in [-0.39, 0.29) is 23.5 Å². The summed E-state index contributed by atoms with van der Waals surface area (Å²) in [5.41, 5.74) is 0. The molecule has 1 saturated heterocycles. The second-order valence-electron chi connectivity index (χ2n) is 6.44. The summed E-state index contributed by atoms with van der Waals surface area (Å²) < 4.78 is 32.2. The van der Waals surface area contributed by atoms with Crippen molar-refractivity contribution in [1.29, 1.82) is 0 Å². The van der Waals surface area contributed by atoms with E-state index in [2.05, 4.69) is 5.32 Å². The SMILES string of the molecule is O=C(COc1ccc(Cl)cc1)NC1CCN(S(=O)(=O)c2ccc(Cl)cc2)CC1. The summed E-state index contributed by atoms with van der Waals surface area (Å²) in [7, 11) is -3.55. The van der Waals surface area contributed by atoms with E-state index in [0.717, 1.165) is 0 Å². The monoisotopic (exact) mass is 442 g/mol. The van der Waals surface area contributed by atoms with Gasteiger partial charge in [0.2, 0.25) is 10.0 Å². The molecule has 0 aromatic heterocycles. The molecule has 6 nitrogen and oxygen atoms in total. The van der Waals surface area contributed by atoms with E-state index >= 15 is 0 Å². The molecule has 0 radical (unpaired) electrons. The van der Waals surface area contributed by atoms with Crippen molar-refractivity contribution in [2.45, 2.75) is 23.8 Å². The summed E-state index contributed by atoms with van der Waals surface area (Å²) in [5.74, 6) is 0.317. The number of rotatable bonds is 6. The van der Waals surface area contributed by atoms with Crippen LogP contribution < -0.4 is 10.1 Å². The number of hydrogen-bond acceptors (Lipinski definition) is 4. The molecule has 28 heavy (non-hydrogen) atoms. The number of halogens is 2. The molecule has 0 bridgehead atoms. The highest BCUT2D eigenvalue weighted by molar-refractivity contribution is 7.89. The van der Waals surface area contributed by atoms with Gasteiger partial charge in [-0.25, -0.2) is 8.42 Å². The summed E-state index contributed by atoms with van der Waals surface area (Å²) >= 11 is 11.6. The van der Waals surface area contributed by atoms with E-state index in [1.165, 1.54) is 16.4 Å². The third kappa shape index (κ3) is 5.38. The molecule has 2 aromatic rings. The average Bonchev–Trinajstić information content (AvgIpc) is 2.68. The maximum absolute atomic E-state index is 12.7. The number of amides is 1. The number of nitrogens with one attached hydrogen (secondary N) is 1. The summed E-state index contributed by atoms with van der Waals surface area (Å²) in [4.78, 5) is 12.3. The number of benzene rings is 2. The number of carbonyl (C=O) groups is 1. The number of hydrogen-bond donors (Lipinski definition) is 1. The van der Waals surface area contributed by atoms with Gasteiger partial charge in [-0.15, -0.1) is 0 Å². The fourth-order valence-electron chi connectivity index (χ4n) is 2.95. The number of carbonyl (C=O) groups excluding carboxylic acids is 1. The van der Waals surface area contributed by atoms with Gasteiger partial charge in [-0.3, -0.25) is 4.79 Å². The Morgan fingerprint density at radius 3 is 2.11 bits per heavy atom. The average molecular weight is 443 g/mol. The molecule has 1 amide bonds. The number of piperidine rings is 1. The Morgan fingerprint density at radius 1 is 1.00 bits per heavy atom. The molecule has 1 aliphatic heterocycles. The normalized spacial score (nSPS) is 15.9. The smallest absolute Gasteiger partial charge is 0.258 e. The molecule has 9 heteroatoms. The lowest BCUT2D eigenvalue weighted by molar-refractivity contribution is -0.124. The maximum Gasteiger partial charge on any atom is 0.258 e. The zero-order valence-electron chi connectivity index (χ0n) is 15.0. The van der Waals surface area contributed by atoms with Crippen LogP contribution >= 0.6 is 23.2 Å². The van der Waals surface area contributed by atoms with Gasteiger partial charge in [0, 0.05) is 29.2 Å². The molecule has 0 spiro atoms. The first-order chi connectivity index (χ1) is 13.3. The first-order valence-electron chi connectivity index (χ1n) is 8.78. The van der Waals surface area contributed by atoms with Crippen LogP contribution in [0.2, 0.25) is 10.0 Å². The van der Waals surface area contributed by atoms with Crippen LogP contribution in [-0.4, -0.2) is 44.4 Å². The lowest BCUT2D eigenvalue weighted by Gasteiger charge is -2.31. The van der Waals surface area contributed by atoms with Gasteiger partial charge in [-0.1, -0.05) is 23.2 Å². The topological polar surface area (TPSA) is 75.7 Å². The number of sulfonamides is 1. The van der Waals surface area contributed by atoms with E-state index in [1.807, 2.05) is 0 Å². The van der Waals surface area contributed by atoms with Gasteiger partial charge in [0.05, 0.1) is 4.90 Å². The van der Waals surface area contributed by atoms with E-state index in [9.17, 15) is 13.2 Å². The summed E-state index contributed by atoms with van der Waals surface area (Å²) in [5, 5.41) is 3.97. The van der Waals surface area contributed by atoms with Gasteiger partial charge >= 0.3 is 0 Å². The fourth-order valence-corrected chi connectivity index (χ4v) is 4.67. The molecule has 0 atom stereocenters. The van der Waals surface area contributed by atoms with E-state index in [1.54, 1.807) is 36.4 Å². The van der Waals surface area contributed by atoms with Crippen LogP contribution in [0.15, 0.2) is 53.4 Å². The Balaban J connectivity index is 1.47. The molecular formula is C19H20Cl2N2O4S. The van der Waals surface area contributed by atoms with E-state index < -0.39 is 10.0 Å². The maximum atomic E-state index is 12.7. The Kier molecular flexibility index (Phi) is 6.82. The molecule has 0 saturated carbocycles. The van der Waals surface area contributed by atoms with Crippen molar-refractivity contribution >= 4 is 39.1 Å². The molecule has 0 aliphatic carbocycles. The van der Waals surface area contributed by atoms with Crippen molar-refractivity contribution < 1.29 is 17.9 Å². The largest absolute Gasteiger partial charge is 0.484 e. The van der Waals surface area contributed by atoms with E-state index in [0.29, 0.717) is 41.7 Å². The molecule has 1 N–H and O–H groups in total. The quantitative estimate of drug-likeness (QED) is 0.743. The lowest BCUT2D eigenvalue weighted by atomic mass is 10.1. The Bertz CT molecular complexity index is 910. The van der Waals surface area contributed by atoms with Crippen LogP contribution in [0.25, 0.3) is 0 Å². The van der Waals surface area contributed by atoms with Crippen LogP contribution in [0, 0.1) is 0 Å². The van der Waals surface area contributed by atoms with Crippen molar-refractivity contribution in [3.05, 3.63) is 58.6 Å². The van der Waals surface area contributed by atoms with Crippen LogP contribution in [0.4, 0.5) is 0 Å². The second-order valence-corrected chi connectivity index (χ2v) is 9.25. The van der Waals surface area contributed by atoms with E-state index in [4.69, 9.17) is 27.9 Å². The number of ether oxygens (including phenoxy) is 1. The van der Waals surface area contributed by atoms with Crippen molar-refractivity contribution in [2.24, 2.45) is 0 Å². The molecule has 1 fully saturated rings. The van der Waals surface area contributed by atoms with Crippen molar-refractivity contribution in [3.63, 3.8) is 0 Å². The minimum atomic E-state index is -3.55. The standard InChI is InChI=1S/C19H20Cl2N2O4S/c20-14-1-5-17(6-2-14)27-13-19(24)22-16-9-11-23(12-10-16)28(25,26)18-7-3-15(21)4-8-18/h1-8,16H,9-13H2,(H,22,24). The predicted molar refractivity (Wildman–Crippen MR) is 108 cm³/mol. The molecule has 150 valence electrons. The summed E-state index contributed by atoms with van der Waals surface area (Å²) in [6.45, 7) is 0.576. The Hall–Kier alpha value is -1.80. The van der Waals surface area contributed by atoms with Gasteiger partial charge in [-0.05, 0) is 61.4 Å². The Labute approximate surface area is 174 Å². The van der Waals surface area contributed by atoms with Crippen LogP contribution in [0.3, 0.4) is 0 Å². The highest BCUT2D eigenvalue weighted by Crippen LogP contribution is 2.22. The van der Waals surface area contributed by atoms with Gasteiger partial charge < -0.3 is 10.1 Å². The first-order valence-corrected chi connectivity index (χ1v) is 11.0. The molecule has 1 heterocycles. The fraction of sp³-hybridized carbons (Fsp3) is 0.316. The summed E-state index contributed by atoms with van der Waals surface area (Å²) in [6.07, 6.45) is 1.08. The molecular weight excluding hydrogens is 423 g/mol. The third-order valence-electron chi connectivity index (χ3n) is 4.45. The van der Waals surface area contributed by atoms with Crippen molar-refractivity contribution in [2.75, 3.05) is 19.7 Å². The Morgan fingerprint density at radius 2 is 1.54 bits per heavy atom. The van der Waals surface area contributed by atoms with Gasteiger partial charge in [-0.2, -0.15) is 4.31 Å². The molecule has 2 aromatic carbocycles. The zero-order valence-corrected chi connectivity index (χ0v) is 17.3. The van der Waals surface area contributed by atoms with Gasteiger partial charge in [0.1, 0.15) is 5.75 Å². The van der Waals surface area contributed by atoms with Crippen LogP contribution in [-0.2, 0) is 14.8 Å². The van der Waals surface area contributed by atoms with Crippen LogP contribution in [0.1, 0.15) is 12.8 Å². The lowest BCUT2D eigenvalue weighted by Crippen LogP contribution is -2.47. The highest BCUT2D eigenvalue weighted by atomic mass is 35.5. The molecule has 0 unspecified atom stereocenters. The molecule has 1 aliphatic rings. The predicted octanol–water partition coefficient (Wildman–Crippen LogP) is 3.34. The minimum absolute atomic E-state index is 0.0852. The van der Waals surface area contributed by atoms with Gasteiger partial charge in [0.15, 0.2) is 6.61 Å². The van der Waals surface area contributed by atoms with Crippen molar-refractivity contribution in [1.82, 2.24) is 9.62 Å². The zero-order chi connectivity index (χ0) is 20.1. The second kappa shape index (κ2) is 9.13. The highest BCUT2D eigenvalue weighted by Gasteiger charge is 2.29. The summed E-state index contributed by atoms with van der Waals surface area (Å²) in [6, 6.07) is 12.8.